The minimum absolute atomic E-state index is 0.0123. The summed E-state index contributed by atoms with van der Waals surface area (Å²) in [6.45, 7) is 4.55. The predicted octanol–water partition coefficient (Wildman–Crippen LogP) is 5.26. The molecular formula is C23H33NO2S. The van der Waals surface area contributed by atoms with Crippen LogP contribution in [0.15, 0.2) is 36.4 Å². The maximum Gasteiger partial charge on any atom is 0.127 e. The van der Waals surface area contributed by atoms with Crippen molar-refractivity contribution in [3.8, 4) is 16.2 Å². The summed E-state index contributed by atoms with van der Waals surface area (Å²) in [7, 11) is 0. The van der Waals surface area contributed by atoms with Crippen molar-refractivity contribution >= 4 is 11.3 Å². The van der Waals surface area contributed by atoms with Crippen LogP contribution < -0.4 is 10.5 Å². The molecule has 0 amide bonds. The van der Waals surface area contributed by atoms with Crippen molar-refractivity contribution in [1.29, 1.82) is 0 Å². The average molecular weight is 388 g/mol. The van der Waals surface area contributed by atoms with Gasteiger partial charge in [0.25, 0.3) is 0 Å². The van der Waals surface area contributed by atoms with Crippen molar-refractivity contribution in [3.63, 3.8) is 0 Å². The van der Waals surface area contributed by atoms with E-state index in [2.05, 4.69) is 18.2 Å². The van der Waals surface area contributed by atoms with E-state index < -0.39 is 5.54 Å². The summed E-state index contributed by atoms with van der Waals surface area (Å²) >= 11 is 1.76. The monoisotopic (exact) mass is 387 g/mol. The summed E-state index contributed by atoms with van der Waals surface area (Å²) in [5.41, 5.74) is 6.61. The summed E-state index contributed by atoms with van der Waals surface area (Å²) in [5, 5.41) is 9.21. The molecule has 2 aliphatic carbocycles. The standard InChI is InChI=1S/C17H23NO2S.C6H10/c1-3-20-15-7-5-4-6-14(15)16-9-8-13(21-16)10-11-17(2,18)12-19;1-2-6-4-3-5(1)6/h4-9,19H,3,10-12,18H2,1-2H3;5-6H,1-4H2. The van der Waals surface area contributed by atoms with Gasteiger partial charge in [-0.3, -0.25) is 0 Å². The van der Waals surface area contributed by atoms with Crippen LogP contribution >= 0.6 is 11.3 Å². The summed E-state index contributed by atoms with van der Waals surface area (Å²) in [5.74, 6) is 3.35. The molecule has 1 atom stereocenters. The van der Waals surface area contributed by atoms with Crippen LogP contribution in [-0.2, 0) is 6.42 Å². The SMILES string of the molecule is C1CC2CCC12.CCOc1ccccc1-c1ccc(CCC(C)(N)CO)s1. The van der Waals surface area contributed by atoms with E-state index in [0.29, 0.717) is 6.61 Å². The first-order chi connectivity index (χ1) is 13.0. The van der Waals surface area contributed by atoms with E-state index in [0.717, 1.165) is 24.2 Å². The molecule has 0 saturated heterocycles. The highest BCUT2D eigenvalue weighted by Gasteiger charge is 2.37. The summed E-state index contributed by atoms with van der Waals surface area (Å²) in [6, 6.07) is 12.4. The van der Waals surface area contributed by atoms with Crippen LogP contribution in [0.3, 0.4) is 0 Å². The number of aryl methyl sites for hydroxylation is 1. The number of aliphatic hydroxyl groups is 1. The third-order valence-electron chi connectivity index (χ3n) is 5.90. The van der Waals surface area contributed by atoms with E-state index in [-0.39, 0.29) is 6.61 Å². The molecule has 2 saturated carbocycles. The van der Waals surface area contributed by atoms with Crippen LogP contribution in [0.4, 0.5) is 0 Å². The van der Waals surface area contributed by atoms with Crippen LogP contribution in [-0.4, -0.2) is 23.9 Å². The third-order valence-corrected chi connectivity index (χ3v) is 7.08. The Morgan fingerprint density at radius 3 is 2.33 bits per heavy atom. The number of aliphatic hydroxyl groups excluding tert-OH is 1. The summed E-state index contributed by atoms with van der Waals surface area (Å²) in [6.07, 6.45) is 7.90. The van der Waals surface area contributed by atoms with Crippen molar-refractivity contribution in [3.05, 3.63) is 41.3 Å². The lowest BCUT2D eigenvalue weighted by Crippen LogP contribution is -2.40. The lowest BCUT2D eigenvalue weighted by Gasteiger charge is -2.46. The number of nitrogens with two attached hydrogens (primary N) is 1. The molecule has 3 nitrogen and oxygen atoms in total. The minimum Gasteiger partial charge on any atom is -0.493 e. The van der Waals surface area contributed by atoms with Crippen LogP contribution in [0.2, 0.25) is 0 Å². The zero-order valence-electron chi connectivity index (χ0n) is 16.6. The molecule has 0 spiro atoms. The Balaban J connectivity index is 0.000000290. The Bertz CT molecular complexity index is 707. The van der Waals surface area contributed by atoms with Crippen LogP contribution in [0, 0.1) is 11.8 Å². The number of hydrogen-bond donors (Lipinski definition) is 2. The lowest BCUT2D eigenvalue weighted by molar-refractivity contribution is 0.0548. The van der Waals surface area contributed by atoms with Crippen molar-refractivity contribution in [1.82, 2.24) is 0 Å². The number of para-hydroxylation sites is 1. The predicted molar refractivity (Wildman–Crippen MR) is 114 cm³/mol. The maximum atomic E-state index is 9.21. The topological polar surface area (TPSA) is 55.5 Å². The number of hydrogen-bond acceptors (Lipinski definition) is 4. The van der Waals surface area contributed by atoms with Gasteiger partial charge in [-0.25, -0.2) is 0 Å². The van der Waals surface area contributed by atoms with E-state index in [4.69, 9.17) is 10.5 Å². The van der Waals surface area contributed by atoms with Crippen LogP contribution in [0.5, 0.6) is 5.75 Å². The van der Waals surface area contributed by atoms with E-state index >= 15 is 0 Å². The molecule has 3 N–H and O–H groups in total. The fourth-order valence-corrected chi connectivity index (χ4v) is 4.70. The Morgan fingerprint density at radius 1 is 1.11 bits per heavy atom. The summed E-state index contributed by atoms with van der Waals surface area (Å²) < 4.78 is 5.69. The van der Waals surface area contributed by atoms with Gasteiger partial charge in [0, 0.05) is 20.9 Å². The lowest BCUT2D eigenvalue weighted by atomic mass is 9.60. The third kappa shape index (κ3) is 5.34. The first kappa shape index (κ1) is 20.4. The minimum atomic E-state index is -0.507. The van der Waals surface area contributed by atoms with Crippen LogP contribution in [0.1, 0.15) is 50.8 Å². The number of benzene rings is 1. The second-order valence-electron chi connectivity index (χ2n) is 8.18. The van der Waals surface area contributed by atoms with Crippen molar-refractivity contribution < 1.29 is 9.84 Å². The van der Waals surface area contributed by atoms with Crippen molar-refractivity contribution in [2.45, 2.75) is 57.9 Å². The fraction of sp³-hybridized carbons (Fsp3) is 0.565. The second kappa shape index (κ2) is 9.22. The molecule has 4 rings (SSSR count). The molecule has 148 valence electrons. The Hall–Kier alpha value is -1.36. The molecule has 27 heavy (non-hydrogen) atoms. The van der Waals surface area contributed by atoms with Gasteiger partial charge < -0.3 is 15.6 Å². The molecule has 1 aromatic heterocycles. The molecule has 0 radical (unpaired) electrons. The molecule has 2 fully saturated rings. The summed E-state index contributed by atoms with van der Waals surface area (Å²) in [4.78, 5) is 2.48. The van der Waals surface area contributed by atoms with Gasteiger partial charge in [-0.1, -0.05) is 12.1 Å². The molecule has 1 heterocycles. The molecule has 0 bridgehead atoms. The highest BCUT2D eigenvalue weighted by Crippen LogP contribution is 2.49. The average Bonchev–Trinajstić information content (AvgIpc) is 3.13. The number of thiophene rings is 1. The molecule has 1 aromatic carbocycles. The van der Waals surface area contributed by atoms with Gasteiger partial charge in [0.2, 0.25) is 0 Å². The molecule has 2 aromatic rings. The Labute approximate surface area is 167 Å². The zero-order chi connectivity index (χ0) is 19.3. The molecule has 1 unspecified atom stereocenters. The van der Waals surface area contributed by atoms with Gasteiger partial charge in [0.05, 0.1) is 13.2 Å². The van der Waals surface area contributed by atoms with Crippen LogP contribution in [0.25, 0.3) is 10.4 Å². The van der Waals surface area contributed by atoms with Gasteiger partial charge >= 0.3 is 0 Å². The first-order valence-electron chi connectivity index (χ1n) is 10.2. The van der Waals surface area contributed by atoms with Gasteiger partial charge in [-0.2, -0.15) is 0 Å². The molecular weight excluding hydrogens is 354 g/mol. The highest BCUT2D eigenvalue weighted by atomic mass is 32.1. The van der Waals surface area contributed by atoms with Gasteiger partial charge in [0.1, 0.15) is 5.75 Å². The number of rotatable bonds is 7. The maximum absolute atomic E-state index is 9.21. The van der Waals surface area contributed by atoms with Gasteiger partial charge in [-0.05, 0) is 88.5 Å². The van der Waals surface area contributed by atoms with E-state index in [1.54, 1.807) is 37.0 Å². The molecule has 2 aliphatic rings. The van der Waals surface area contributed by atoms with E-state index in [1.165, 1.54) is 21.6 Å². The number of ether oxygens (including phenoxy) is 1. The second-order valence-corrected chi connectivity index (χ2v) is 9.35. The Kier molecular flexibility index (Phi) is 6.96. The largest absolute Gasteiger partial charge is 0.493 e. The van der Waals surface area contributed by atoms with Crippen molar-refractivity contribution in [2.24, 2.45) is 17.6 Å². The van der Waals surface area contributed by atoms with E-state index in [9.17, 15) is 5.11 Å². The highest BCUT2D eigenvalue weighted by molar-refractivity contribution is 7.15. The normalized spacial score (nSPS) is 22.4. The number of fused-ring (bicyclic) bond motifs is 1. The quantitative estimate of drug-likeness (QED) is 0.681. The molecule has 0 aliphatic heterocycles. The van der Waals surface area contributed by atoms with Gasteiger partial charge in [-0.15, -0.1) is 11.3 Å². The van der Waals surface area contributed by atoms with Crippen molar-refractivity contribution in [2.75, 3.05) is 13.2 Å². The van der Waals surface area contributed by atoms with E-state index in [1.807, 2.05) is 32.0 Å². The Morgan fingerprint density at radius 2 is 1.78 bits per heavy atom. The smallest absolute Gasteiger partial charge is 0.127 e. The first-order valence-corrected chi connectivity index (χ1v) is 11.0. The zero-order valence-corrected chi connectivity index (χ0v) is 17.4. The van der Waals surface area contributed by atoms with Gasteiger partial charge in [0.15, 0.2) is 0 Å². The fourth-order valence-electron chi connectivity index (χ4n) is 3.66. The molecule has 4 heteroatoms.